The fourth-order valence-corrected chi connectivity index (χ4v) is 6.49. The summed E-state index contributed by atoms with van der Waals surface area (Å²) in [7, 11) is 0. The minimum absolute atomic E-state index is 0. The summed E-state index contributed by atoms with van der Waals surface area (Å²) in [5, 5.41) is 0. The van der Waals surface area contributed by atoms with Crippen LogP contribution in [0.15, 0.2) is 84.9 Å². The van der Waals surface area contributed by atoms with Gasteiger partial charge in [-0.05, 0) is 76.9 Å². The molecule has 0 N–H and O–H groups in total. The first-order valence-corrected chi connectivity index (χ1v) is 20.6. The maximum absolute atomic E-state index is 14.3. The van der Waals surface area contributed by atoms with Crippen molar-refractivity contribution in [1.82, 2.24) is 9.13 Å². The summed E-state index contributed by atoms with van der Waals surface area (Å²) >= 11 is 0. The van der Waals surface area contributed by atoms with Crippen molar-refractivity contribution in [3.05, 3.63) is 165 Å². The Morgan fingerprint density at radius 2 is 0.836 bits per heavy atom. The van der Waals surface area contributed by atoms with E-state index in [1.165, 1.54) is 35.4 Å². The molecule has 6 nitrogen and oxygen atoms in total. The fourth-order valence-electron chi connectivity index (χ4n) is 6.49. The number of aryl methyl sites for hydroxylation is 2. The SMILES string of the molecule is CCOC(OCC)c1cc(C(C)C)n(-c2ccc(F)[c-]c2F)c1C.CCOC(OCC)c1cc(C(C)C)n(-c2ccc(F)[c-]c2F)c1C.C[c-]1cccc1.C[c-]1cccc1.[Ti+4]. The van der Waals surface area contributed by atoms with Crippen LogP contribution in [0, 0.1) is 63.1 Å². The Balaban J connectivity index is 0.000000324. The first kappa shape index (κ1) is 53.1. The molecule has 0 amide bonds. The minimum Gasteiger partial charge on any atom is -0.369 e. The number of rotatable bonds is 14. The van der Waals surface area contributed by atoms with Gasteiger partial charge in [-0.25, -0.2) is 41.8 Å². The van der Waals surface area contributed by atoms with E-state index in [2.05, 4.69) is 50.2 Å². The van der Waals surface area contributed by atoms with E-state index >= 15 is 0 Å². The molecule has 4 aromatic carbocycles. The molecule has 6 rings (SSSR count). The van der Waals surface area contributed by atoms with Gasteiger partial charge in [-0.3, -0.25) is 0 Å². The molecular formula is C50H62F4N2O4Ti. The van der Waals surface area contributed by atoms with Gasteiger partial charge in [0, 0.05) is 83.6 Å². The van der Waals surface area contributed by atoms with Crippen LogP contribution in [0.2, 0.25) is 0 Å². The normalized spacial score (nSPS) is 11.0. The molecule has 2 aromatic heterocycles. The van der Waals surface area contributed by atoms with Crippen LogP contribution in [0.1, 0.15) is 125 Å². The van der Waals surface area contributed by atoms with Gasteiger partial charge in [-0.1, -0.05) is 41.5 Å². The van der Waals surface area contributed by atoms with Crippen molar-refractivity contribution < 1.29 is 58.2 Å². The maximum Gasteiger partial charge on any atom is 4.00 e. The molecule has 0 spiro atoms. The van der Waals surface area contributed by atoms with Gasteiger partial charge in [0.25, 0.3) is 0 Å². The van der Waals surface area contributed by atoms with E-state index in [9.17, 15) is 17.6 Å². The third kappa shape index (κ3) is 15.1. The van der Waals surface area contributed by atoms with E-state index in [0.29, 0.717) is 26.4 Å². The number of nitrogens with zero attached hydrogens (tertiary/aromatic N) is 2. The van der Waals surface area contributed by atoms with Gasteiger partial charge in [0.2, 0.25) is 0 Å². The van der Waals surface area contributed by atoms with Gasteiger partial charge in [0.1, 0.15) is 0 Å². The molecule has 2 heterocycles. The molecule has 0 aliphatic carbocycles. The summed E-state index contributed by atoms with van der Waals surface area (Å²) in [5.74, 6) is -2.57. The predicted molar refractivity (Wildman–Crippen MR) is 232 cm³/mol. The Bertz CT molecular complexity index is 1970. The molecule has 0 atom stereocenters. The Kier molecular flexibility index (Phi) is 23.0. The first-order valence-electron chi connectivity index (χ1n) is 20.6. The van der Waals surface area contributed by atoms with Crippen molar-refractivity contribution in [2.75, 3.05) is 26.4 Å². The van der Waals surface area contributed by atoms with E-state index in [4.69, 9.17) is 18.9 Å². The second-order valence-electron chi connectivity index (χ2n) is 14.6. The predicted octanol–water partition coefficient (Wildman–Crippen LogP) is 13.5. The summed E-state index contributed by atoms with van der Waals surface area (Å²) in [6, 6.07) is 29.9. The summed E-state index contributed by atoms with van der Waals surface area (Å²) in [5.41, 5.74) is 8.37. The average molecular weight is 879 g/mol. The van der Waals surface area contributed by atoms with Crippen LogP contribution in [0.3, 0.4) is 0 Å². The maximum atomic E-state index is 14.3. The minimum atomic E-state index is -0.716. The van der Waals surface area contributed by atoms with Crippen molar-refractivity contribution in [1.29, 1.82) is 0 Å². The number of halogens is 4. The van der Waals surface area contributed by atoms with Crippen LogP contribution >= 0.6 is 0 Å². The zero-order chi connectivity index (χ0) is 44.5. The Labute approximate surface area is 376 Å². The summed E-state index contributed by atoms with van der Waals surface area (Å²) in [6.07, 6.45) is -1.02. The molecule has 6 aromatic rings. The van der Waals surface area contributed by atoms with Crippen LogP contribution in [0.25, 0.3) is 11.4 Å². The molecule has 0 saturated heterocycles. The molecule has 328 valence electrons. The van der Waals surface area contributed by atoms with Crippen LogP contribution in [0.5, 0.6) is 0 Å². The second kappa shape index (κ2) is 26.4. The van der Waals surface area contributed by atoms with E-state index in [1.54, 1.807) is 9.13 Å². The third-order valence-electron chi connectivity index (χ3n) is 9.42. The van der Waals surface area contributed by atoms with Crippen molar-refractivity contribution in [2.45, 2.75) is 108 Å². The molecule has 0 aliphatic heterocycles. The van der Waals surface area contributed by atoms with Gasteiger partial charge < -0.3 is 28.1 Å². The van der Waals surface area contributed by atoms with Gasteiger partial charge in [0.15, 0.2) is 12.6 Å². The molecule has 0 radical (unpaired) electrons. The standard InChI is InChI=1S/2C19H24F2NO2.2C6H7.Ti/c2*1-6-23-19(24-7-2)15-11-18(12(3)4)22(13(15)5)17-9-8-14(20)10-16(17)21;2*1-6-4-2-3-5-6;/h2*8-9,11-12,19H,6-7H2,1-5H3;2*2-5H,1H3;/q4*-1;+4. The van der Waals surface area contributed by atoms with Crippen molar-refractivity contribution >= 4 is 0 Å². The summed E-state index contributed by atoms with van der Waals surface area (Å²) in [4.78, 5) is 0. The quantitative estimate of drug-likeness (QED) is 0.0473. The first-order chi connectivity index (χ1) is 28.6. The Morgan fingerprint density at radius 3 is 1.05 bits per heavy atom. The van der Waals surface area contributed by atoms with Crippen LogP contribution in [-0.2, 0) is 40.7 Å². The molecule has 0 saturated carbocycles. The number of benzene rings is 2. The zero-order valence-corrected chi connectivity index (χ0v) is 39.3. The van der Waals surface area contributed by atoms with Gasteiger partial charge in [0.05, 0.1) is 0 Å². The van der Waals surface area contributed by atoms with Gasteiger partial charge >= 0.3 is 21.7 Å². The molecule has 11 heteroatoms. The number of hydrogen-bond acceptors (Lipinski definition) is 4. The molecular weight excluding hydrogens is 816 g/mol. The molecule has 0 aliphatic rings. The van der Waals surface area contributed by atoms with Crippen molar-refractivity contribution in [2.24, 2.45) is 0 Å². The van der Waals surface area contributed by atoms with E-state index < -0.39 is 35.8 Å². The van der Waals surface area contributed by atoms with Crippen LogP contribution in [-0.4, -0.2) is 35.6 Å². The molecule has 61 heavy (non-hydrogen) atoms. The smallest absolute Gasteiger partial charge is 0.369 e. The third-order valence-corrected chi connectivity index (χ3v) is 9.42. The topological polar surface area (TPSA) is 46.8 Å². The number of aromatic nitrogens is 2. The van der Waals surface area contributed by atoms with E-state index in [1.807, 2.05) is 106 Å². The molecule has 0 fully saturated rings. The van der Waals surface area contributed by atoms with Crippen molar-refractivity contribution in [3.8, 4) is 11.4 Å². The van der Waals surface area contributed by atoms with E-state index in [0.717, 1.165) is 33.9 Å². The van der Waals surface area contributed by atoms with Gasteiger partial charge in [-0.2, -0.15) is 35.4 Å². The number of ether oxygens (including phenoxy) is 4. The Hall–Kier alpha value is -4.03. The van der Waals surface area contributed by atoms with Crippen LogP contribution in [0.4, 0.5) is 17.6 Å². The monoisotopic (exact) mass is 878 g/mol. The van der Waals surface area contributed by atoms with Crippen LogP contribution < -0.4 is 0 Å². The largest absolute Gasteiger partial charge is 4.00 e. The summed E-state index contributed by atoms with van der Waals surface area (Å²) < 4.78 is 81.3. The molecule has 0 bridgehead atoms. The summed E-state index contributed by atoms with van der Waals surface area (Å²) in [6.45, 7) is 25.6. The second-order valence-corrected chi connectivity index (χ2v) is 14.6. The van der Waals surface area contributed by atoms with Crippen molar-refractivity contribution in [3.63, 3.8) is 0 Å². The van der Waals surface area contributed by atoms with E-state index in [-0.39, 0.29) is 44.9 Å². The average Bonchev–Trinajstić information content (AvgIpc) is 4.01. The fraction of sp³-hybridized carbons (Fsp3) is 0.400. The molecule has 0 unspecified atom stereocenters. The zero-order valence-electron chi connectivity index (χ0n) is 37.8. The van der Waals surface area contributed by atoms with Gasteiger partial charge in [-0.15, -0.1) is 36.4 Å². The number of hydrogen-bond donors (Lipinski definition) is 0. The Morgan fingerprint density at radius 1 is 0.541 bits per heavy atom.